The summed E-state index contributed by atoms with van der Waals surface area (Å²) in [5.74, 6) is 0.710. The third-order valence-electron chi connectivity index (χ3n) is 3.48. The maximum Gasteiger partial charge on any atom is 0.323 e. The number of ether oxygens (including phenoxy) is 2. The Bertz CT molecular complexity index is 416. The number of rotatable bonds is 4. The lowest BCUT2D eigenvalue weighted by Crippen LogP contribution is -2.43. The minimum absolute atomic E-state index is 0.138. The summed E-state index contributed by atoms with van der Waals surface area (Å²) in [6.07, 6.45) is 2.93. The Morgan fingerprint density at radius 3 is 2.68 bits per heavy atom. The second-order valence-corrected chi connectivity index (χ2v) is 4.73. The molecule has 1 aliphatic heterocycles. The first-order chi connectivity index (χ1) is 9.24. The van der Waals surface area contributed by atoms with Crippen LogP contribution in [0, 0.1) is 0 Å². The summed E-state index contributed by atoms with van der Waals surface area (Å²) in [6.45, 7) is 2.27. The average Bonchev–Trinajstić information content (AvgIpc) is 2.48. The van der Waals surface area contributed by atoms with Crippen molar-refractivity contribution in [1.29, 1.82) is 0 Å². The molecule has 4 nitrogen and oxygen atoms in total. The third-order valence-corrected chi connectivity index (χ3v) is 3.48. The Balaban J connectivity index is 2.01. The monoisotopic (exact) mass is 263 g/mol. The quantitative estimate of drug-likeness (QED) is 0.848. The molecule has 104 valence electrons. The summed E-state index contributed by atoms with van der Waals surface area (Å²) < 4.78 is 10.2. The summed E-state index contributed by atoms with van der Waals surface area (Å²) in [4.78, 5) is 11.8. The molecule has 1 aromatic carbocycles. The Labute approximate surface area is 114 Å². The van der Waals surface area contributed by atoms with Gasteiger partial charge in [0.2, 0.25) is 0 Å². The number of carbonyl (C=O) groups is 1. The number of hydrogen-bond donors (Lipinski definition) is 1. The fraction of sp³-hybridized carbons (Fsp3) is 0.533. The Hall–Kier alpha value is -1.55. The molecular formula is C15H21NO3. The minimum Gasteiger partial charge on any atom is -0.497 e. The fourth-order valence-corrected chi connectivity index (χ4v) is 2.46. The molecule has 1 aliphatic rings. The van der Waals surface area contributed by atoms with E-state index in [0.717, 1.165) is 25.0 Å². The zero-order valence-electron chi connectivity index (χ0n) is 11.5. The van der Waals surface area contributed by atoms with Gasteiger partial charge in [-0.25, -0.2) is 0 Å². The van der Waals surface area contributed by atoms with Crippen LogP contribution in [-0.2, 0) is 9.53 Å². The molecule has 1 heterocycles. The first kappa shape index (κ1) is 13.9. The number of esters is 1. The van der Waals surface area contributed by atoms with Gasteiger partial charge in [0.05, 0.1) is 13.7 Å². The predicted molar refractivity (Wildman–Crippen MR) is 73.1 cm³/mol. The van der Waals surface area contributed by atoms with Crippen molar-refractivity contribution < 1.29 is 14.3 Å². The third kappa shape index (κ3) is 3.47. The molecule has 0 radical (unpaired) electrons. The van der Waals surface area contributed by atoms with Crippen molar-refractivity contribution in [3.05, 3.63) is 29.8 Å². The molecule has 0 aliphatic carbocycles. The van der Waals surface area contributed by atoms with Crippen molar-refractivity contribution in [3.8, 4) is 5.75 Å². The van der Waals surface area contributed by atoms with Gasteiger partial charge in [0.25, 0.3) is 0 Å². The molecule has 0 saturated carbocycles. The molecule has 1 saturated heterocycles. The first-order valence-electron chi connectivity index (χ1n) is 6.81. The van der Waals surface area contributed by atoms with Crippen molar-refractivity contribution in [3.63, 3.8) is 0 Å². The topological polar surface area (TPSA) is 47.6 Å². The van der Waals surface area contributed by atoms with E-state index in [9.17, 15) is 4.79 Å². The van der Waals surface area contributed by atoms with Gasteiger partial charge in [-0.1, -0.05) is 12.1 Å². The zero-order valence-corrected chi connectivity index (χ0v) is 11.5. The van der Waals surface area contributed by atoms with Crippen molar-refractivity contribution in [1.82, 2.24) is 5.32 Å². The van der Waals surface area contributed by atoms with Gasteiger partial charge in [-0.15, -0.1) is 0 Å². The van der Waals surface area contributed by atoms with E-state index in [2.05, 4.69) is 5.32 Å². The number of piperidine rings is 1. The van der Waals surface area contributed by atoms with Crippen molar-refractivity contribution >= 4 is 5.97 Å². The van der Waals surface area contributed by atoms with Gasteiger partial charge in [-0.2, -0.15) is 0 Å². The first-order valence-corrected chi connectivity index (χ1v) is 6.81. The van der Waals surface area contributed by atoms with Crippen LogP contribution in [0.3, 0.4) is 0 Å². The average molecular weight is 263 g/mol. The highest BCUT2D eigenvalue weighted by molar-refractivity contribution is 5.76. The van der Waals surface area contributed by atoms with Gasteiger partial charge in [-0.05, 0) is 43.9 Å². The molecule has 0 aromatic heterocycles. The predicted octanol–water partition coefficient (Wildman–Crippen LogP) is 2.44. The van der Waals surface area contributed by atoms with Gasteiger partial charge < -0.3 is 9.47 Å². The number of hydrogen-bond acceptors (Lipinski definition) is 4. The summed E-state index contributed by atoms with van der Waals surface area (Å²) in [5, 5.41) is 3.38. The largest absolute Gasteiger partial charge is 0.497 e. The van der Waals surface area contributed by atoms with Crippen LogP contribution in [-0.4, -0.2) is 25.7 Å². The maximum absolute atomic E-state index is 11.8. The molecule has 4 heteroatoms. The fourth-order valence-electron chi connectivity index (χ4n) is 2.46. The van der Waals surface area contributed by atoms with E-state index in [1.54, 1.807) is 7.11 Å². The van der Waals surface area contributed by atoms with E-state index in [4.69, 9.17) is 9.47 Å². The second-order valence-electron chi connectivity index (χ2n) is 4.73. The second kappa shape index (κ2) is 6.57. The maximum atomic E-state index is 11.8. The van der Waals surface area contributed by atoms with Crippen LogP contribution in [0.15, 0.2) is 24.3 Å². The number of benzene rings is 1. The van der Waals surface area contributed by atoms with E-state index >= 15 is 0 Å². The molecule has 2 rings (SSSR count). The number of nitrogens with one attached hydrogen (secondary N) is 1. The molecular weight excluding hydrogens is 242 g/mol. The molecule has 2 unspecified atom stereocenters. The SMILES string of the molecule is CCOC(=O)C1CCCC(c2ccc(OC)cc2)N1. The highest BCUT2D eigenvalue weighted by atomic mass is 16.5. The minimum atomic E-state index is -0.180. The summed E-state index contributed by atoms with van der Waals surface area (Å²) in [6, 6.07) is 8.03. The highest BCUT2D eigenvalue weighted by Crippen LogP contribution is 2.27. The summed E-state index contributed by atoms with van der Waals surface area (Å²) >= 11 is 0. The smallest absolute Gasteiger partial charge is 0.323 e. The summed E-state index contributed by atoms with van der Waals surface area (Å²) in [7, 11) is 1.66. The van der Waals surface area contributed by atoms with Crippen LogP contribution in [0.25, 0.3) is 0 Å². The van der Waals surface area contributed by atoms with Gasteiger partial charge >= 0.3 is 5.97 Å². The standard InChI is InChI=1S/C15H21NO3/c1-3-19-15(17)14-6-4-5-13(16-14)11-7-9-12(18-2)10-8-11/h7-10,13-14,16H,3-6H2,1-2H3. The van der Waals surface area contributed by atoms with Crippen molar-refractivity contribution in [2.75, 3.05) is 13.7 Å². The van der Waals surface area contributed by atoms with Gasteiger partial charge in [0, 0.05) is 6.04 Å². The molecule has 1 N–H and O–H groups in total. The number of methoxy groups -OCH3 is 1. The van der Waals surface area contributed by atoms with Crippen molar-refractivity contribution in [2.45, 2.75) is 38.3 Å². The lowest BCUT2D eigenvalue weighted by molar-refractivity contribution is -0.146. The van der Waals surface area contributed by atoms with Crippen LogP contribution >= 0.6 is 0 Å². The van der Waals surface area contributed by atoms with Crippen LogP contribution in [0.5, 0.6) is 5.75 Å². The Morgan fingerprint density at radius 2 is 2.05 bits per heavy atom. The Kier molecular flexibility index (Phi) is 4.80. The molecule has 2 atom stereocenters. The van der Waals surface area contributed by atoms with E-state index in [1.165, 1.54) is 5.56 Å². The lowest BCUT2D eigenvalue weighted by atomic mass is 9.93. The van der Waals surface area contributed by atoms with E-state index < -0.39 is 0 Å². The van der Waals surface area contributed by atoms with Crippen molar-refractivity contribution in [2.24, 2.45) is 0 Å². The van der Waals surface area contributed by atoms with Gasteiger partial charge in [0.1, 0.15) is 11.8 Å². The molecule has 0 bridgehead atoms. The van der Waals surface area contributed by atoms with E-state index in [-0.39, 0.29) is 18.1 Å². The molecule has 0 amide bonds. The summed E-state index contributed by atoms with van der Waals surface area (Å²) in [5.41, 5.74) is 1.19. The van der Waals surface area contributed by atoms with Gasteiger partial charge in [-0.3, -0.25) is 10.1 Å². The zero-order chi connectivity index (χ0) is 13.7. The molecule has 19 heavy (non-hydrogen) atoms. The molecule has 1 fully saturated rings. The number of carbonyl (C=O) groups excluding carboxylic acids is 1. The van der Waals surface area contributed by atoms with Crippen LogP contribution in [0.2, 0.25) is 0 Å². The van der Waals surface area contributed by atoms with Crippen LogP contribution < -0.4 is 10.1 Å². The van der Waals surface area contributed by atoms with Crippen LogP contribution in [0.1, 0.15) is 37.8 Å². The van der Waals surface area contributed by atoms with E-state index in [0.29, 0.717) is 6.61 Å². The lowest BCUT2D eigenvalue weighted by Gasteiger charge is -2.30. The normalized spacial score (nSPS) is 22.8. The Morgan fingerprint density at radius 1 is 1.32 bits per heavy atom. The van der Waals surface area contributed by atoms with E-state index in [1.807, 2.05) is 31.2 Å². The van der Waals surface area contributed by atoms with Crippen LogP contribution in [0.4, 0.5) is 0 Å². The van der Waals surface area contributed by atoms with Gasteiger partial charge in [0.15, 0.2) is 0 Å². The molecule has 0 spiro atoms. The highest BCUT2D eigenvalue weighted by Gasteiger charge is 2.27. The molecule has 1 aromatic rings.